The van der Waals surface area contributed by atoms with Crippen LogP contribution >= 0.6 is 0 Å². The minimum atomic E-state index is 0.164. The fraction of sp³-hybridized carbons (Fsp3) is 0.259. The Bertz CT molecular complexity index is 1030. The van der Waals surface area contributed by atoms with Crippen molar-refractivity contribution in [2.24, 2.45) is 0 Å². The Balaban J connectivity index is 1.62. The van der Waals surface area contributed by atoms with Gasteiger partial charge in [-0.15, -0.1) is 0 Å². The number of methoxy groups -OCH3 is 1. The number of benzene rings is 3. The number of aliphatic hydroxyl groups is 1. The summed E-state index contributed by atoms with van der Waals surface area (Å²) < 4.78 is 7.66. The van der Waals surface area contributed by atoms with Crippen LogP contribution in [-0.2, 0) is 19.6 Å². The van der Waals surface area contributed by atoms with Gasteiger partial charge in [0.2, 0.25) is 0 Å². The van der Waals surface area contributed by atoms with Crippen molar-refractivity contribution < 1.29 is 9.84 Å². The van der Waals surface area contributed by atoms with Crippen molar-refractivity contribution in [1.29, 1.82) is 0 Å². The highest BCUT2D eigenvalue weighted by Crippen LogP contribution is 2.24. The lowest BCUT2D eigenvalue weighted by Gasteiger charge is -2.32. The van der Waals surface area contributed by atoms with E-state index in [4.69, 9.17) is 4.74 Å². The quantitative estimate of drug-likeness (QED) is 0.392. The average molecular weight is 415 g/mol. The molecular weight excluding hydrogens is 384 g/mol. The number of nitrogens with zero attached hydrogens (tertiary/aromatic N) is 2. The summed E-state index contributed by atoms with van der Waals surface area (Å²) in [5.74, 6) is 0.868. The van der Waals surface area contributed by atoms with E-state index in [1.165, 1.54) is 22.0 Å². The van der Waals surface area contributed by atoms with Gasteiger partial charge >= 0.3 is 0 Å². The first-order chi connectivity index (χ1) is 15.3. The molecule has 0 amide bonds. The van der Waals surface area contributed by atoms with E-state index in [-0.39, 0.29) is 12.6 Å². The van der Waals surface area contributed by atoms with Gasteiger partial charge in [0.1, 0.15) is 5.75 Å². The molecule has 160 valence electrons. The second kappa shape index (κ2) is 10.3. The van der Waals surface area contributed by atoms with Gasteiger partial charge in [0.25, 0.3) is 0 Å². The topological polar surface area (TPSA) is 37.6 Å². The molecule has 1 aromatic heterocycles. The molecule has 3 aromatic carbocycles. The molecule has 0 radical (unpaired) electrons. The first-order valence-corrected chi connectivity index (χ1v) is 10.8. The molecule has 0 aliphatic rings. The summed E-state index contributed by atoms with van der Waals surface area (Å²) in [7, 11) is 1.69. The van der Waals surface area contributed by atoms with Crippen LogP contribution in [0.5, 0.6) is 5.75 Å². The van der Waals surface area contributed by atoms with E-state index < -0.39 is 0 Å². The zero-order valence-electron chi connectivity index (χ0n) is 18.0. The molecule has 0 aliphatic carbocycles. The van der Waals surface area contributed by atoms with Crippen molar-refractivity contribution in [3.63, 3.8) is 0 Å². The fourth-order valence-electron chi connectivity index (χ4n) is 4.18. The Morgan fingerprint density at radius 1 is 0.871 bits per heavy atom. The average Bonchev–Trinajstić information content (AvgIpc) is 3.21. The van der Waals surface area contributed by atoms with Crippen LogP contribution < -0.4 is 4.74 Å². The van der Waals surface area contributed by atoms with Crippen molar-refractivity contribution in [1.82, 2.24) is 9.47 Å². The minimum Gasteiger partial charge on any atom is -0.497 e. The van der Waals surface area contributed by atoms with Crippen LogP contribution in [0.15, 0.2) is 91.1 Å². The van der Waals surface area contributed by atoms with E-state index in [9.17, 15) is 5.11 Å². The minimum absolute atomic E-state index is 0.164. The molecule has 1 heterocycles. The Morgan fingerprint density at radius 3 is 2.10 bits per heavy atom. The zero-order chi connectivity index (χ0) is 21.5. The summed E-state index contributed by atoms with van der Waals surface area (Å²) in [4.78, 5) is 2.48. The number of hydrogen-bond donors (Lipinski definition) is 1. The van der Waals surface area contributed by atoms with Crippen LogP contribution in [0, 0.1) is 0 Å². The summed E-state index contributed by atoms with van der Waals surface area (Å²) in [6.45, 7) is 2.66. The normalized spacial score (nSPS) is 12.4. The maximum Gasteiger partial charge on any atom is 0.119 e. The van der Waals surface area contributed by atoms with Gasteiger partial charge in [-0.25, -0.2) is 0 Å². The smallest absolute Gasteiger partial charge is 0.119 e. The largest absolute Gasteiger partial charge is 0.497 e. The van der Waals surface area contributed by atoms with Gasteiger partial charge in [-0.1, -0.05) is 60.7 Å². The van der Waals surface area contributed by atoms with Crippen LogP contribution in [0.1, 0.15) is 17.5 Å². The summed E-state index contributed by atoms with van der Waals surface area (Å²) >= 11 is 0. The highest BCUT2D eigenvalue weighted by Gasteiger charge is 2.20. The molecule has 4 aromatic rings. The molecule has 0 spiro atoms. The molecule has 1 atom stereocenters. The zero-order valence-corrected chi connectivity index (χ0v) is 18.0. The molecule has 0 fully saturated rings. The maximum absolute atomic E-state index is 9.88. The number of fused-ring (bicyclic) bond motifs is 1. The SMILES string of the molecule is COc1ccc2c(ccn2C[C@H](CCO)N(Cc2ccccc2)Cc2ccccc2)c1. The lowest BCUT2D eigenvalue weighted by atomic mass is 10.1. The molecule has 1 N–H and O–H groups in total. The number of aliphatic hydroxyl groups excluding tert-OH is 1. The van der Waals surface area contributed by atoms with Gasteiger partial charge in [-0.2, -0.15) is 0 Å². The first-order valence-electron chi connectivity index (χ1n) is 10.8. The number of ether oxygens (including phenoxy) is 1. The van der Waals surface area contributed by atoms with Gasteiger partial charge in [-0.3, -0.25) is 4.90 Å². The van der Waals surface area contributed by atoms with Crippen molar-refractivity contribution in [2.45, 2.75) is 32.1 Å². The van der Waals surface area contributed by atoms with Crippen molar-refractivity contribution in [3.8, 4) is 5.75 Å². The predicted octanol–water partition coefficient (Wildman–Crippen LogP) is 5.10. The van der Waals surface area contributed by atoms with Crippen LogP contribution in [0.2, 0.25) is 0 Å². The molecule has 0 bridgehead atoms. The van der Waals surface area contributed by atoms with Gasteiger partial charge in [0.15, 0.2) is 0 Å². The molecule has 4 rings (SSSR count). The number of aromatic nitrogens is 1. The molecule has 31 heavy (non-hydrogen) atoms. The molecule has 0 aliphatic heterocycles. The standard InChI is InChI=1S/C27H30N2O2/c1-31-26-12-13-27-24(18-26)14-16-28(27)21-25(15-17-30)29(19-22-8-4-2-5-9-22)20-23-10-6-3-7-11-23/h2-14,16,18,25,30H,15,17,19-21H2,1H3/t25-/m0/s1. The Hall–Kier alpha value is -3.08. The van der Waals surface area contributed by atoms with E-state index >= 15 is 0 Å². The lowest BCUT2D eigenvalue weighted by molar-refractivity contribution is 0.128. The van der Waals surface area contributed by atoms with Crippen molar-refractivity contribution in [3.05, 3.63) is 102 Å². The van der Waals surface area contributed by atoms with Crippen LogP contribution in [-0.4, -0.2) is 34.3 Å². The monoisotopic (exact) mass is 414 g/mol. The maximum atomic E-state index is 9.88. The summed E-state index contributed by atoms with van der Waals surface area (Å²) in [6.07, 6.45) is 2.85. The molecule has 0 unspecified atom stereocenters. The second-order valence-corrected chi connectivity index (χ2v) is 7.94. The summed E-state index contributed by atoms with van der Waals surface area (Å²) in [6, 6.07) is 29.7. The van der Waals surface area contributed by atoms with E-state index in [0.717, 1.165) is 31.8 Å². The third-order valence-corrected chi connectivity index (χ3v) is 5.82. The van der Waals surface area contributed by atoms with E-state index in [1.54, 1.807) is 7.11 Å². The highest BCUT2D eigenvalue weighted by atomic mass is 16.5. The molecule has 4 heteroatoms. The van der Waals surface area contributed by atoms with E-state index in [2.05, 4.69) is 94.5 Å². The number of rotatable bonds is 10. The molecule has 0 saturated heterocycles. The van der Waals surface area contributed by atoms with Crippen LogP contribution in [0.4, 0.5) is 0 Å². The predicted molar refractivity (Wildman–Crippen MR) is 126 cm³/mol. The Kier molecular flexibility index (Phi) is 7.03. The lowest BCUT2D eigenvalue weighted by Crippen LogP contribution is -2.38. The molecular formula is C27H30N2O2. The van der Waals surface area contributed by atoms with E-state index in [0.29, 0.717) is 0 Å². The fourth-order valence-corrected chi connectivity index (χ4v) is 4.18. The van der Waals surface area contributed by atoms with E-state index in [1.807, 2.05) is 6.07 Å². The van der Waals surface area contributed by atoms with Gasteiger partial charge < -0.3 is 14.4 Å². The third-order valence-electron chi connectivity index (χ3n) is 5.82. The molecule has 0 saturated carbocycles. The third kappa shape index (κ3) is 5.35. The van der Waals surface area contributed by atoms with Crippen molar-refractivity contribution >= 4 is 10.9 Å². The van der Waals surface area contributed by atoms with Gasteiger partial charge in [0, 0.05) is 49.4 Å². The van der Waals surface area contributed by atoms with Gasteiger partial charge in [0.05, 0.1) is 7.11 Å². The highest BCUT2D eigenvalue weighted by molar-refractivity contribution is 5.81. The van der Waals surface area contributed by atoms with Crippen LogP contribution in [0.3, 0.4) is 0 Å². The Labute approximate surface area is 184 Å². The summed E-state index contributed by atoms with van der Waals surface area (Å²) in [5, 5.41) is 11.0. The first kappa shape index (κ1) is 21.2. The number of hydrogen-bond acceptors (Lipinski definition) is 3. The molecule has 4 nitrogen and oxygen atoms in total. The second-order valence-electron chi connectivity index (χ2n) is 7.94. The van der Waals surface area contributed by atoms with Crippen molar-refractivity contribution in [2.75, 3.05) is 13.7 Å². The summed E-state index contributed by atoms with van der Waals surface area (Å²) in [5.41, 5.74) is 3.75. The van der Waals surface area contributed by atoms with Gasteiger partial charge in [-0.05, 0) is 41.8 Å². The van der Waals surface area contributed by atoms with Crippen LogP contribution in [0.25, 0.3) is 10.9 Å². The Morgan fingerprint density at radius 2 is 1.52 bits per heavy atom.